The Balaban J connectivity index is 1.71. The van der Waals surface area contributed by atoms with E-state index in [1.165, 1.54) is 17.0 Å². The Morgan fingerprint density at radius 2 is 1.63 bits per heavy atom. The summed E-state index contributed by atoms with van der Waals surface area (Å²) in [5.74, 6) is -1.69. The van der Waals surface area contributed by atoms with E-state index in [9.17, 15) is 27.6 Å². The molecule has 2 aromatic carbocycles. The lowest BCUT2D eigenvalue weighted by Crippen LogP contribution is -2.36. The molecule has 0 atom stereocenters. The van der Waals surface area contributed by atoms with E-state index in [0.29, 0.717) is 16.9 Å². The predicted octanol–water partition coefficient (Wildman–Crippen LogP) is 5.92. The van der Waals surface area contributed by atoms with Crippen molar-refractivity contribution in [1.29, 1.82) is 0 Å². The summed E-state index contributed by atoms with van der Waals surface area (Å²) in [6.07, 6.45) is 0.00164. The van der Waals surface area contributed by atoms with Crippen molar-refractivity contribution in [3.63, 3.8) is 0 Å². The van der Waals surface area contributed by atoms with Crippen molar-refractivity contribution in [2.45, 2.75) is 51.4 Å². The number of allylic oxidation sites excluding steroid dienone is 1. The van der Waals surface area contributed by atoms with Crippen LogP contribution < -0.4 is 15.4 Å². The molecule has 0 unspecified atom stereocenters. The second-order valence-electron chi connectivity index (χ2n) is 9.01. The minimum absolute atomic E-state index is 0.00832. The summed E-state index contributed by atoms with van der Waals surface area (Å²) in [5, 5.41) is 13.9. The average molecular weight is 534 g/mol. The van der Waals surface area contributed by atoms with Crippen molar-refractivity contribution in [1.82, 2.24) is 10.2 Å². The zero-order valence-electron chi connectivity index (χ0n) is 20.7. The lowest BCUT2D eigenvalue weighted by molar-refractivity contribution is -0.274. The molecule has 1 fully saturated rings. The Bertz CT molecular complexity index is 1130. The third-order valence-corrected chi connectivity index (χ3v) is 6.19. The number of carbonyl (C=O) groups excluding carboxylic acids is 2. The van der Waals surface area contributed by atoms with Crippen LogP contribution in [0.15, 0.2) is 60.8 Å². The van der Waals surface area contributed by atoms with Gasteiger partial charge in [-0.1, -0.05) is 38.0 Å². The number of aliphatic carboxylic acids is 1. The highest BCUT2D eigenvalue weighted by molar-refractivity contribution is 5.94. The van der Waals surface area contributed by atoms with E-state index < -0.39 is 30.0 Å². The first-order chi connectivity index (χ1) is 18.0. The Labute approximate surface area is 218 Å². The number of hydrogen-bond donors (Lipinski definition) is 3. The van der Waals surface area contributed by atoms with Gasteiger partial charge >= 0.3 is 18.4 Å². The Morgan fingerprint density at radius 3 is 2.21 bits per heavy atom. The number of carboxylic acid groups (broad SMARTS) is 1. The molecule has 11 heteroatoms. The molecule has 0 heterocycles. The summed E-state index contributed by atoms with van der Waals surface area (Å²) < 4.78 is 41.2. The van der Waals surface area contributed by atoms with Crippen LogP contribution in [0.1, 0.15) is 54.4 Å². The second-order valence-corrected chi connectivity index (χ2v) is 9.01. The first kappa shape index (κ1) is 28.5. The molecule has 0 bridgehead atoms. The first-order valence-electron chi connectivity index (χ1n) is 12.2. The van der Waals surface area contributed by atoms with Gasteiger partial charge in [0.15, 0.2) is 0 Å². The van der Waals surface area contributed by atoms with Crippen molar-refractivity contribution in [2.75, 3.05) is 11.9 Å². The summed E-state index contributed by atoms with van der Waals surface area (Å²) in [6, 6.07) is 11.0. The number of benzene rings is 2. The van der Waals surface area contributed by atoms with Crippen molar-refractivity contribution in [2.24, 2.45) is 5.92 Å². The van der Waals surface area contributed by atoms with Gasteiger partial charge in [-0.25, -0.2) is 4.79 Å². The predicted molar refractivity (Wildman–Crippen MR) is 134 cm³/mol. The van der Waals surface area contributed by atoms with Crippen LogP contribution >= 0.6 is 0 Å². The first-order valence-corrected chi connectivity index (χ1v) is 12.2. The molecule has 3 rings (SSSR count). The van der Waals surface area contributed by atoms with Gasteiger partial charge in [-0.3, -0.25) is 14.5 Å². The van der Waals surface area contributed by atoms with E-state index >= 15 is 0 Å². The summed E-state index contributed by atoms with van der Waals surface area (Å²) in [6.45, 7) is 4.37. The summed E-state index contributed by atoms with van der Waals surface area (Å²) >= 11 is 0. The van der Waals surface area contributed by atoms with E-state index in [-0.39, 0.29) is 25.4 Å². The second kappa shape index (κ2) is 13.0. The molecular formula is C27H30F3N3O5. The number of nitrogens with one attached hydrogen (secondary N) is 2. The Hall–Kier alpha value is -4.02. The SMILES string of the molecule is C=C(C1CCCCC1)N(Cc1ccc(C(=O)NCCC(=O)O)cc1)C(=O)Nc1ccc(OC(F)(F)F)cc1. The van der Waals surface area contributed by atoms with Crippen molar-refractivity contribution >= 4 is 23.6 Å². The molecule has 3 N–H and O–H groups in total. The molecule has 0 aliphatic heterocycles. The molecular weight excluding hydrogens is 503 g/mol. The third kappa shape index (κ3) is 8.82. The largest absolute Gasteiger partial charge is 0.573 e. The topological polar surface area (TPSA) is 108 Å². The number of halogens is 3. The molecule has 0 radical (unpaired) electrons. The van der Waals surface area contributed by atoms with Crippen molar-refractivity contribution in [3.8, 4) is 5.75 Å². The van der Waals surface area contributed by atoms with Gasteiger partial charge in [0, 0.05) is 23.5 Å². The van der Waals surface area contributed by atoms with Crippen LogP contribution in [0.3, 0.4) is 0 Å². The van der Waals surface area contributed by atoms with Gasteiger partial charge in [0.1, 0.15) is 5.75 Å². The molecule has 38 heavy (non-hydrogen) atoms. The third-order valence-electron chi connectivity index (χ3n) is 6.19. The van der Waals surface area contributed by atoms with E-state index in [1.807, 2.05) is 0 Å². The molecule has 0 aromatic heterocycles. The average Bonchev–Trinajstić information content (AvgIpc) is 2.87. The molecule has 8 nitrogen and oxygen atoms in total. The monoisotopic (exact) mass is 533 g/mol. The molecule has 0 spiro atoms. The highest BCUT2D eigenvalue weighted by atomic mass is 19.4. The van der Waals surface area contributed by atoms with E-state index in [0.717, 1.165) is 49.8 Å². The number of anilines is 1. The van der Waals surface area contributed by atoms with Crippen molar-refractivity contribution < 1.29 is 37.4 Å². The highest BCUT2D eigenvalue weighted by Gasteiger charge is 2.31. The van der Waals surface area contributed by atoms with Crippen LogP contribution in [-0.4, -0.2) is 40.8 Å². The van der Waals surface area contributed by atoms with Crippen LogP contribution in [-0.2, 0) is 11.3 Å². The van der Waals surface area contributed by atoms with Crippen molar-refractivity contribution in [3.05, 3.63) is 71.9 Å². The van der Waals surface area contributed by atoms with Gasteiger partial charge in [0.05, 0.1) is 13.0 Å². The molecule has 3 amide bonds. The van der Waals surface area contributed by atoms with Gasteiger partial charge < -0.3 is 20.5 Å². The quantitative estimate of drug-likeness (QED) is 0.352. The highest BCUT2D eigenvalue weighted by Crippen LogP contribution is 2.32. The fraction of sp³-hybridized carbons (Fsp3) is 0.370. The van der Waals surface area contributed by atoms with Gasteiger partial charge in [-0.2, -0.15) is 0 Å². The molecule has 0 saturated heterocycles. The molecule has 1 aliphatic carbocycles. The number of alkyl halides is 3. The minimum Gasteiger partial charge on any atom is -0.481 e. The van der Waals surface area contributed by atoms with Crippen LogP contribution in [0.2, 0.25) is 0 Å². The summed E-state index contributed by atoms with van der Waals surface area (Å²) in [4.78, 5) is 37.7. The number of carboxylic acids is 1. The molecule has 1 aliphatic rings. The maximum atomic E-state index is 13.3. The van der Waals surface area contributed by atoms with E-state index in [4.69, 9.17) is 5.11 Å². The fourth-order valence-electron chi connectivity index (χ4n) is 4.22. The normalized spacial score (nSPS) is 13.9. The number of amides is 3. The number of carbonyl (C=O) groups is 3. The van der Waals surface area contributed by atoms with Crippen LogP contribution in [0.25, 0.3) is 0 Å². The van der Waals surface area contributed by atoms with Crippen LogP contribution in [0.4, 0.5) is 23.7 Å². The zero-order chi connectivity index (χ0) is 27.7. The smallest absolute Gasteiger partial charge is 0.481 e. The molecule has 1 saturated carbocycles. The maximum absolute atomic E-state index is 13.3. The number of rotatable bonds is 10. The number of ether oxygens (including phenoxy) is 1. The van der Waals surface area contributed by atoms with Gasteiger partial charge in [0.2, 0.25) is 0 Å². The number of nitrogens with zero attached hydrogens (tertiary/aromatic N) is 1. The Morgan fingerprint density at radius 1 is 1.00 bits per heavy atom. The standard InChI is InChI=1S/C27H30F3N3O5/c1-18(20-5-3-2-4-6-20)33(26(37)32-22-11-13-23(14-12-22)38-27(28,29)30)17-19-7-9-21(10-8-19)25(36)31-16-15-24(34)35/h7-14,20H,1-6,15-17H2,(H,31,36)(H,32,37)(H,34,35). The van der Waals surface area contributed by atoms with Crippen LogP contribution in [0.5, 0.6) is 5.75 Å². The maximum Gasteiger partial charge on any atom is 0.573 e. The lowest BCUT2D eigenvalue weighted by atomic mass is 9.86. The fourth-order valence-corrected chi connectivity index (χ4v) is 4.22. The number of hydrogen-bond acceptors (Lipinski definition) is 4. The van der Waals surface area contributed by atoms with Crippen LogP contribution in [0, 0.1) is 5.92 Å². The molecule has 204 valence electrons. The van der Waals surface area contributed by atoms with Gasteiger partial charge in [0.25, 0.3) is 5.91 Å². The van der Waals surface area contributed by atoms with Gasteiger partial charge in [-0.05, 0) is 60.7 Å². The Kier molecular flexibility index (Phi) is 9.75. The summed E-state index contributed by atoms with van der Waals surface area (Å²) in [7, 11) is 0. The van der Waals surface area contributed by atoms with E-state index in [1.54, 1.807) is 24.3 Å². The number of urea groups is 1. The zero-order valence-corrected chi connectivity index (χ0v) is 20.7. The minimum atomic E-state index is -4.81. The van der Waals surface area contributed by atoms with Gasteiger partial charge in [-0.15, -0.1) is 13.2 Å². The van der Waals surface area contributed by atoms with E-state index in [2.05, 4.69) is 21.9 Å². The molecule has 2 aromatic rings. The summed E-state index contributed by atoms with van der Waals surface area (Å²) in [5.41, 5.74) is 2.02. The lowest BCUT2D eigenvalue weighted by Gasteiger charge is -2.32.